The maximum absolute atomic E-state index is 12.3. The predicted molar refractivity (Wildman–Crippen MR) is 77.1 cm³/mol. The van der Waals surface area contributed by atoms with Crippen LogP contribution in [0.4, 0.5) is 5.69 Å². The van der Waals surface area contributed by atoms with E-state index >= 15 is 0 Å². The molecule has 0 spiro atoms. The van der Waals surface area contributed by atoms with Crippen molar-refractivity contribution in [1.29, 1.82) is 0 Å². The largest absolute Gasteiger partial charge is 0.335 e. The van der Waals surface area contributed by atoms with Crippen LogP contribution < -0.4 is 5.32 Å². The fourth-order valence-corrected chi connectivity index (χ4v) is 1.77. The molecule has 0 aliphatic rings. The second-order valence-electron chi connectivity index (χ2n) is 4.54. The molecule has 19 heavy (non-hydrogen) atoms. The molecule has 102 valence electrons. The summed E-state index contributed by atoms with van der Waals surface area (Å²) in [5.74, 6) is -0.211. The quantitative estimate of drug-likeness (QED) is 0.827. The van der Waals surface area contributed by atoms with Gasteiger partial charge in [0.2, 0.25) is 5.91 Å². The second-order valence-corrected chi connectivity index (χ2v) is 4.54. The Bertz CT molecular complexity index is 495. The Hall–Kier alpha value is -2.10. The lowest BCUT2D eigenvalue weighted by atomic mass is 10.1. The van der Waals surface area contributed by atoms with Gasteiger partial charge in [0.15, 0.2) is 0 Å². The van der Waals surface area contributed by atoms with Crippen LogP contribution in [-0.2, 0) is 4.79 Å². The summed E-state index contributed by atoms with van der Waals surface area (Å²) < 4.78 is 0. The van der Waals surface area contributed by atoms with Gasteiger partial charge in [-0.05, 0) is 32.0 Å². The minimum Gasteiger partial charge on any atom is -0.335 e. The van der Waals surface area contributed by atoms with Gasteiger partial charge in [0, 0.05) is 31.3 Å². The van der Waals surface area contributed by atoms with E-state index in [1.54, 1.807) is 29.2 Å². The fraction of sp³-hybridized carbons (Fsp3) is 0.333. The SMILES string of the molecule is C=C(C)CN(CC)C(=O)c1cccc(NC(C)=O)c1. The fourth-order valence-electron chi connectivity index (χ4n) is 1.77. The number of nitrogens with zero attached hydrogens (tertiary/aromatic N) is 1. The van der Waals surface area contributed by atoms with Gasteiger partial charge >= 0.3 is 0 Å². The van der Waals surface area contributed by atoms with Gasteiger partial charge in [0.25, 0.3) is 5.91 Å². The Morgan fingerprint density at radius 3 is 2.53 bits per heavy atom. The third-order valence-electron chi connectivity index (χ3n) is 2.56. The molecule has 0 radical (unpaired) electrons. The first-order valence-electron chi connectivity index (χ1n) is 6.25. The molecule has 0 aliphatic heterocycles. The maximum Gasteiger partial charge on any atom is 0.254 e. The number of anilines is 1. The molecule has 1 aromatic rings. The van der Waals surface area contributed by atoms with Crippen molar-refractivity contribution in [2.45, 2.75) is 20.8 Å². The third kappa shape index (κ3) is 4.58. The summed E-state index contributed by atoms with van der Waals surface area (Å²) in [5.41, 5.74) is 2.13. The summed E-state index contributed by atoms with van der Waals surface area (Å²) >= 11 is 0. The van der Waals surface area contributed by atoms with Crippen molar-refractivity contribution in [1.82, 2.24) is 4.90 Å². The first kappa shape index (κ1) is 15.0. The van der Waals surface area contributed by atoms with E-state index in [0.29, 0.717) is 24.3 Å². The Morgan fingerprint density at radius 2 is 2.00 bits per heavy atom. The van der Waals surface area contributed by atoms with Crippen LogP contribution in [0.25, 0.3) is 0 Å². The molecular weight excluding hydrogens is 240 g/mol. The first-order valence-corrected chi connectivity index (χ1v) is 6.25. The van der Waals surface area contributed by atoms with E-state index in [1.807, 2.05) is 13.8 Å². The number of benzene rings is 1. The van der Waals surface area contributed by atoms with E-state index in [-0.39, 0.29) is 11.8 Å². The first-order chi connectivity index (χ1) is 8.93. The molecular formula is C15H20N2O2. The highest BCUT2D eigenvalue weighted by Gasteiger charge is 2.14. The summed E-state index contributed by atoms with van der Waals surface area (Å²) in [7, 11) is 0. The lowest BCUT2D eigenvalue weighted by Crippen LogP contribution is -2.32. The molecule has 0 bridgehead atoms. The van der Waals surface area contributed by atoms with E-state index in [9.17, 15) is 9.59 Å². The number of amides is 2. The van der Waals surface area contributed by atoms with Crippen molar-refractivity contribution in [3.63, 3.8) is 0 Å². The lowest BCUT2D eigenvalue weighted by molar-refractivity contribution is -0.114. The molecule has 0 aliphatic carbocycles. The smallest absolute Gasteiger partial charge is 0.254 e. The zero-order valence-corrected chi connectivity index (χ0v) is 11.7. The standard InChI is InChI=1S/C15H20N2O2/c1-5-17(10-11(2)3)15(19)13-7-6-8-14(9-13)16-12(4)18/h6-9H,2,5,10H2,1,3-4H3,(H,16,18). The molecule has 1 rings (SSSR count). The molecule has 2 amide bonds. The normalized spacial score (nSPS) is 9.84. The minimum atomic E-state index is -0.154. The number of hydrogen-bond acceptors (Lipinski definition) is 2. The van der Waals surface area contributed by atoms with Crippen molar-refractivity contribution in [3.8, 4) is 0 Å². The summed E-state index contributed by atoms with van der Waals surface area (Å²) in [6.45, 7) is 10.2. The van der Waals surface area contributed by atoms with Crippen LogP contribution in [0.2, 0.25) is 0 Å². The Kier molecular flexibility index (Phi) is 5.30. The van der Waals surface area contributed by atoms with Gasteiger partial charge in [-0.25, -0.2) is 0 Å². The maximum atomic E-state index is 12.3. The van der Waals surface area contributed by atoms with Crippen molar-refractivity contribution in [3.05, 3.63) is 42.0 Å². The van der Waals surface area contributed by atoms with Gasteiger partial charge in [-0.2, -0.15) is 0 Å². The Morgan fingerprint density at radius 1 is 1.32 bits per heavy atom. The highest BCUT2D eigenvalue weighted by molar-refractivity contribution is 5.96. The van der Waals surface area contributed by atoms with Crippen molar-refractivity contribution in [2.24, 2.45) is 0 Å². The van der Waals surface area contributed by atoms with Crippen LogP contribution in [0.3, 0.4) is 0 Å². The molecule has 0 fully saturated rings. The van der Waals surface area contributed by atoms with Gasteiger partial charge in [-0.15, -0.1) is 0 Å². The van der Waals surface area contributed by atoms with Crippen LogP contribution in [0, 0.1) is 0 Å². The van der Waals surface area contributed by atoms with Gasteiger partial charge in [-0.1, -0.05) is 18.2 Å². The minimum absolute atomic E-state index is 0.0577. The molecule has 0 atom stereocenters. The van der Waals surface area contributed by atoms with E-state index < -0.39 is 0 Å². The zero-order valence-electron chi connectivity index (χ0n) is 11.7. The van der Waals surface area contributed by atoms with E-state index in [1.165, 1.54) is 6.92 Å². The highest BCUT2D eigenvalue weighted by Crippen LogP contribution is 2.13. The number of nitrogens with one attached hydrogen (secondary N) is 1. The number of carbonyl (C=O) groups is 2. The molecule has 0 aromatic heterocycles. The molecule has 0 unspecified atom stereocenters. The number of likely N-dealkylation sites (N-methyl/N-ethyl adjacent to an activating group) is 1. The summed E-state index contributed by atoms with van der Waals surface area (Å²) in [6.07, 6.45) is 0. The summed E-state index contributed by atoms with van der Waals surface area (Å²) in [6, 6.07) is 6.94. The number of carbonyl (C=O) groups excluding carboxylic acids is 2. The van der Waals surface area contributed by atoms with Crippen molar-refractivity contribution < 1.29 is 9.59 Å². The Balaban J connectivity index is 2.91. The second kappa shape index (κ2) is 6.73. The molecule has 0 saturated carbocycles. The van der Waals surface area contributed by atoms with Gasteiger partial charge in [-0.3, -0.25) is 9.59 Å². The van der Waals surface area contributed by atoms with Gasteiger partial charge < -0.3 is 10.2 Å². The molecule has 0 heterocycles. The molecule has 1 aromatic carbocycles. The average Bonchev–Trinajstić information content (AvgIpc) is 2.34. The van der Waals surface area contributed by atoms with E-state index in [2.05, 4.69) is 11.9 Å². The third-order valence-corrected chi connectivity index (χ3v) is 2.56. The highest BCUT2D eigenvalue weighted by atomic mass is 16.2. The lowest BCUT2D eigenvalue weighted by Gasteiger charge is -2.21. The summed E-state index contributed by atoms with van der Waals surface area (Å²) in [4.78, 5) is 25.1. The molecule has 1 N–H and O–H groups in total. The zero-order chi connectivity index (χ0) is 14.4. The molecule has 0 saturated heterocycles. The van der Waals surface area contributed by atoms with Crippen LogP contribution in [0.1, 0.15) is 31.1 Å². The summed E-state index contributed by atoms with van der Waals surface area (Å²) in [5, 5.41) is 2.67. The average molecular weight is 260 g/mol. The van der Waals surface area contributed by atoms with Crippen LogP contribution in [0.15, 0.2) is 36.4 Å². The van der Waals surface area contributed by atoms with Crippen LogP contribution in [-0.4, -0.2) is 29.8 Å². The molecule has 4 heteroatoms. The topological polar surface area (TPSA) is 49.4 Å². The Labute approximate surface area is 114 Å². The number of rotatable bonds is 5. The van der Waals surface area contributed by atoms with E-state index in [0.717, 1.165) is 5.57 Å². The van der Waals surface area contributed by atoms with Crippen molar-refractivity contribution in [2.75, 3.05) is 18.4 Å². The monoisotopic (exact) mass is 260 g/mol. The van der Waals surface area contributed by atoms with Crippen molar-refractivity contribution >= 4 is 17.5 Å². The van der Waals surface area contributed by atoms with Crippen LogP contribution in [0.5, 0.6) is 0 Å². The number of hydrogen-bond donors (Lipinski definition) is 1. The van der Waals surface area contributed by atoms with Crippen LogP contribution >= 0.6 is 0 Å². The van der Waals surface area contributed by atoms with Gasteiger partial charge in [0.05, 0.1) is 0 Å². The molecule has 4 nitrogen and oxygen atoms in total. The predicted octanol–water partition coefficient (Wildman–Crippen LogP) is 2.68. The van der Waals surface area contributed by atoms with Gasteiger partial charge in [0.1, 0.15) is 0 Å². The van der Waals surface area contributed by atoms with E-state index in [4.69, 9.17) is 0 Å².